The first-order valence-electron chi connectivity index (χ1n) is 9.95. The number of hydrogen-bond acceptors (Lipinski definition) is 4. The Bertz CT molecular complexity index is 623. The number of aryl methyl sites for hydroxylation is 1. The molecule has 1 heterocycles. The lowest BCUT2D eigenvalue weighted by Crippen LogP contribution is -2.51. The summed E-state index contributed by atoms with van der Waals surface area (Å²) in [6.45, 7) is 8.73. The molecule has 150 valence electrons. The van der Waals surface area contributed by atoms with E-state index in [4.69, 9.17) is 9.47 Å². The smallest absolute Gasteiger partial charge is 0.410 e. The number of likely N-dealkylation sites (tertiary alicyclic amines) is 1. The molecule has 27 heavy (non-hydrogen) atoms. The minimum Gasteiger partial charge on any atom is -0.466 e. The van der Waals surface area contributed by atoms with E-state index in [-0.39, 0.29) is 12.1 Å². The molecule has 0 bridgehead atoms. The van der Waals surface area contributed by atoms with E-state index in [1.807, 2.05) is 45.9 Å². The van der Waals surface area contributed by atoms with Gasteiger partial charge >= 0.3 is 12.1 Å². The van der Waals surface area contributed by atoms with Gasteiger partial charge in [0.25, 0.3) is 0 Å². The number of hydrogen-bond donors (Lipinski definition) is 0. The third kappa shape index (κ3) is 6.26. The number of carbonyl (C=O) groups excluding carboxylic acids is 2. The highest BCUT2D eigenvalue weighted by Crippen LogP contribution is 2.37. The average molecular weight is 376 g/mol. The Hall–Kier alpha value is -2.04. The van der Waals surface area contributed by atoms with Crippen LogP contribution in [-0.4, -0.2) is 42.3 Å². The number of piperidine rings is 1. The van der Waals surface area contributed by atoms with Gasteiger partial charge in [0.15, 0.2) is 0 Å². The number of carbonyl (C=O) groups is 2. The van der Waals surface area contributed by atoms with Crippen LogP contribution < -0.4 is 0 Å². The molecule has 0 spiro atoms. The summed E-state index contributed by atoms with van der Waals surface area (Å²) in [5, 5.41) is 0. The molecular formula is C22H33NO4. The fourth-order valence-corrected chi connectivity index (χ4v) is 3.65. The predicted octanol–water partition coefficient (Wildman–Crippen LogP) is 4.59. The Labute approximate surface area is 163 Å². The van der Waals surface area contributed by atoms with E-state index in [1.165, 1.54) is 5.56 Å². The first-order valence-corrected chi connectivity index (χ1v) is 9.95. The van der Waals surface area contributed by atoms with Crippen LogP contribution in [0.3, 0.4) is 0 Å². The lowest BCUT2D eigenvalue weighted by molar-refractivity contribution is -0.159. The van der Waals surface area contributed by atoms with E-state index >= 15 is 0 Å². The zero-order valence-electron chi connectivity index (χ0n) is 17.1. The second-order valence-corrected chi connectivity index (χ2v) is 8.35. The highest BCUT2D eigenvalue weighted by Gasteiger charge is 2.45. The van der Waals surface area contributed by atoms with Gasteiger partial charge in [-0.05, 0) is 65.4 Å². The van der Waals surface area contributed by atoms with Gasteiger partial charge in [0.05, 0.1) is 12.0 Å². The van der Waals surface area contributed by atoms with Crippen LogP contribution in [0.15, 0.2) is 30.3 Å². The van der Waals surface area contributed by atoms with Crippen LogP contribution in [0.25, 0.3) is 0 Å². The zero-order chi connectivity index (χ0) is 19.9. The van der Waals surface area contributed by atoms with E-state index in [9.17, 15) is 9.59 Å². The van der Waals surface area contributed by atoms with Crippen LogP contribution in [0.2, 0.25) is 0 Å². The van der Waals surface area contributed by atoms with Gasteiger partial charge in [-0.2, -0.15) is 0 Å². The largest absolute Gasteiger partial charge is 0.466 e. The third-order valence-electron chi connectivity index (χ3n) is 4.90. The number of amides is 1. The quantitative estimate of drug-likeness (QED) is 0.683. The summed E-state index contributed by atoms with van der Waals surface area (Å²) in [5.41, 5.74) is 0.0743. The topological polar surface area (TPSA) is 55.8 Å². The molecule has 0 saturated carbocycles. The summed E-state index contributed by atoms with van der Waals surface area (Å²) in [5.74, 6) is -0.189. The molecule has 1 saturated heterocycles. The highest BCUT2D eigenvalue weighted by molar-refractivity contribution is 5.79. The Balaban J connectivity index is 2.07. The van der Waals surface area contributed by atoms with Crippen molar-refractivity contribution in [3.05, 3.63) is 35.9 Å². The number of rotatable bonds is 6. The molecule has 2 rings (SSSR count). The van der Waals surface area contributed by atoms with Crippen LogP contribution in [0, 0.1) is 5.41 Å². The predicted molar refractivity (Wildman–Crippen MR) is 105 cm³/mol. The molecule has 0 aliphatic carbocycles. The maximum Gasteiger partial charge on any atom is 0.410 e. The molecule has 0 aromatic heterocycles. The molecule has 5 nitrogen and oxygen atoms in total. The minimum atomic E-state index is -0.639. The summed E-state index contributed by atoms with van der Waals surface area (Å²) < 4.78 is 10.9. The van der Waals surface area contributed by atoms with Gasteiger partial charge in [0, 0.05) is 13.1 Å². The van der Waals surface area contributed by atoms with Crippen molar-refractivity contribution < 1.29 is 19.1 Å². The van der Waals surface area contributed by atoms with Crippen LogP contribution >= 0.6 is 0 Å². The number of esters is 1. The summed E-state index contributed by atoms with van der Waals surface area (Å²) in [6, 6.07) is 10.3. The van der Waals surface area contributed by atoms with Crippen LogP contribution in [0.5, 0.6) is 0 Å². The van der Waals surface area contributed by atoms with E-state index in [1.54, 1.807) is 4.90 Å². The molecule has 1 amide bonds. The molecular weight excluding hydrogens is 342 g/mol. The Morgan fingerprint density at radius 3 is 2.52 bits per heavy atom. The van der Waals surface area contributed by atoms with E-state index < -0.39 is 11.0 Å². The molecule has 5 heteroatoms. The Morgan fingerprint density at radius 1 is 1.19 bits per heavy atom. The lowest BCUT2D eigenvalue weighted by atomic mass is 9.75. The van der Waals surface area contributed by atoms with Crippen molar-refractivity contribution in [2.45, 2.75) is 65.4 Å². The first-order chi connectivity index (χ1) is 12.8. The number of nitrogens with zero attached hydrogens (tertiary/aromatic N) is 1. The van der Waals surface area contributed by atoms with Gasteiger partial charge in [0.1, 0.15) is 5.60 Å². The van der Waals surface area contributed by atoms with Crippen LogP contribution in [0.1, 0.15) is 58.9 Å². The maximum atomic E-state index is 12.8. The van der Waals surface area contributed by atoms with Crippen molar-refractivity contribution in [3.63, 3.8) is 0 Å². The van der Waals surface area contributed by atoms with E-state index in [0.29, 0.717) is 26.1 Å². The van der Waals surface area contributed by atoms with Gasteiger partial charge in [0.2, 0.25) is 0 Å². The summed E-state index contributed by atoms with van der Waals surface area (Å²) >= 11 is 0. The van der Waals surface area contributed by atoms with Gasteiger partial charge in [-0.1, -0.05) is 30.3 Å². The zero-order valence-corrected chi connectivity index (χ0v) is 17.1. The van der Waals surface area contributed by atoms with Crippen molar-refractivity contribution in [2.75, 3.05) is 19.7 Å². The molecule has 1 atom stereocenters. The SMILES string of the molecule is CCOC(=O)C1(CCCc2ccccc2)CCCN(C(=O)OC(C)(C)C)C1. The summed E-state index contributed by atoms with van der Waals surface area (Å²) in [6.07, 6.45) is 3.68. The van der Waals surface area contributed by atoms with Crippen molar-refractivity contribution in [1.82, 2.24) is 4.90 Å². The maximum absolute atomic E-state index is 12.8. The van der Waals surface area contributed by atoms with Gasteiger partial charge in [-0.15, -0.1) is 0 Å². The molecule has 1 aliphatic rings. The molecule has 1 aromatic carbocycles. The molecule has 1 unspecified atom stereocenters. The number of benzene rings is 1. The molecule has 1 aromatic rings. The van der Waals surface area contributed by atoms with Crippen molar-refractivity contribution in [2.24, 2.45) is 5.41 Å². The fraction of sp³-hybridized carbons (Fsp3) is 0.636. The molecule has 0 N–H and O–H groups in total. The van der Waals surface area contributed by atoms with Crippen molar-refractivity contribution in [1.29, 1.82) is 0 Å². The molecule has 0 radical (unpaired) electrons. The van der Waals surface area contributed by atoms with Crippen molar-refractivity contribution in [3.8, 4) is 0 Å². The highest BCUT2D eigenvalue weighted by atomic mass is 16.6. The van der Waals surface area contributed by atoms with E-state index in [2.05, 4.69) is 12.1 Å². The Kier molecular flexibility index (Phi) is 7.28. The Morgan fingerprint density at radius 2 is 1.89 bits per heavy atom. The second-order valence-electron chi connectivity index (χ2n) is 8.35. The number of ether oxygens (including phenoxy) is 2. The van der Waals surface area contributed by atoms with Crippen molar-refractivity contribution >= 4 is 12.1 Å². The minimum absolute atomic E-state index is 0.189. The standard InChI is InChI=1S/C22H33NO4/c1-5-26-19(24)22(14-9-13-18-11-7-6-8-12-18)15-10-16-23(17-22)20(25)27-21(2,3)4/h6-8,11-12H,5,9-10,13-17H2,1-4H3. The van der Waals surface area contributed by atoms with E-state index in [0.717, 1.165) is 25.7 Å². The monoisotopic (exact) mass is 375 g/mol. The summed E-state index contributed by atoms with van der Waals surface area (Å²) in [7, 11) is 0. The molecule has 1 aliphatic heterocycles. The van der Waals surface area contributed by atoms with Crippen LogP contribution in [0.4, 0.5) is 4.79 Å². The van der Waals surface area contributed by atoms with Gasteiger partial charge in [-0.3, -0.25) is 4.79 Å². The summed E-state index contributed by atoms with van der Waals surface area (Å²) in [4.78, 5) is 27.0. The molecule has 1 fully saturated rings. The third-order valence-corrected chi connectivity index (χ3v) is 4.90. The van der Waals surface area contributed by atoms with Gasteiger partial charge in [-0.25, -0.2) is 4.79 Å². The lowest BCUT2D eigenvalue weighted by Gasteiger charge is -2.41. The van der Waals surface area contributed by atoms with Gasteiger partial charge < -0.3 is 14.4 Å². The normalized spacial score (nSPS) is 20.2. The first kappa shape index (κ1) is 21.3. The second kappa shape index (κ2) is 9.25. The average Bonchev–Trinajstić information content (AvgIpc) is 2.61. The fourth-order valence-electron chi connectivity index (χ4n) is 3.65. The van der Waals surface area contributed by atoms with Crippen LogP contribution in [-0.2, 0) is 20.7 Å².